The number of nitrogens with one attached hydrogen (secondary N) is 1. The van der Waals surface area contributed by atoms with E-state index < -0.39 is 12.1 Å². The number of carbonyl (C=O) groups is 2. The van der Waals surface area contributed by atoms with Gasteiger partial charge in [-0.3, -0.25) is 9.59 Å². The lowest BCUT2D eigenvalue weighted by Crippen LogP contribution is -2.35. The Labute approximate surface area is 121 Å². The summed E-state index contributed by atoms with van der Waals surface area (Å²) in [4.78, 5) is 21.8. The van der Waals surface area contributed by atoms with Gasteiger partial charge in [-0.2, -0.15) is 0 Å². The van der Waals surface area contributed by atoms with Gasteiger partial charge in [0.25, 0.3) is 0 Å². The van der Waals surface area contributed by atoms with Gasteiger partial charge in [0.05, 0.1) is 0 Å². The van der Waals surface area contributed by atoms with Crippen molar-refractivity contribution in [1.82, 2.24) is 5.32 Å². The van der Waals surface area contributed by atoms with Crippen LogP contribution in [0.3, 0.4) is 0 Å². The van der Waals surface area contributed by atoms with Crippen LogP contribution in [0.4, 0.5) is 0 Å². The van der Waals surface area contributed by atoms with E-state index in [1.807, 2.05) is 0 Å². The molecule has 1 unspecified atom stereocenters. The number of rotatable bonds is 13. The summed E-state index contributed by atoms with van der Waals surface area (Å²) < 4.78 is 0. The van der Waals surface area contributed by atoms with Gasteiger partial charge in [0.15, 0.2) is 0 Å². The van der Waals surface area contributed by atoms with Gasteiger partial charge in [-0.15, -0.1) is 0 Å². The van der Waals surface area contributed by atoms with E-state index in [0.29, 0.717) is 19.4 Å². The molecule has 0 radical (unpaired) electrons. The van der Waals surface area contributed by atoms with E-state index in [1.54, 1.807) is 0 Å². The quantitative estimate of drug-likeness (QED) is 0.454. The minimum absolute atomic E-state index is 0.175. The number of aliphatic hydroxyl groups is 1. The summed E-state index contributed by atoms with van der Waals surface area (Å²) in [6.07, 6.45) is 7.45. The molecule has 0 aromatic carbocycles. The van der Waals surface area contributed by atoms with Crippen LogP contribution in [-0.4, -0.2) is 34.7 Å². The summed E-state index contributed by atoms with van der Waals surface area (Å²) in [5.41, 5.74) is 0. The maximum atomic E-state index is 11.5. The Balaban J connectivity index is 3.43. The second-order valence-electron chi connectivity index (χ2n) is 5.21. The molecule has 0 aliphatic rings. The molecule has 0 fully saturated rings. The van der Waals surface area contributed by atoms with Crippen LogP contribution in [-0.2, 0) is 9.59 Å². The van der Waals surface area contributed by atoms with E-state index in [0.717, 1.165) is 32.1 Å². The van der Waals surface area contributed by atoms with E-state index >= 15 is 0 Å². The van der Waals surface area contributed by atoms with Crippen LogP contribution in [0.25, 0.3) is 0 Å². The average Bonchev–Trinajstić information content (AvgIpc) is 2.41. The molecular weight excluding hydrogens is 258 g/mol. The molecule has 5 heteroatoms. The van der Waals surface area contributed by atoms with Crippen LogP contribution in [0.1, 0.15) is 71.1 Å². The summed E-state index contributed by atoms with van der Waals surface area (Å²) in [7, 11) is 0. The van der Waals surface area contributed by atoms with Crippen molar-refractivity contribution in [1.29, 1.82) is 0 Å². The topological polar surface area (TPSA) is 86.6 Å². The van der Waals surface area contributed by atoms with E-state index in [4.69, 9.17) is 5.11 Å². The molecule has 0 aliphatic heterocycles. The fourth-order valence-electron chi connectivity index (χ4n) is 1.98. The first kappa shape index (κ1) is 18.9. The maximum Gasteiger partial charge on any atom is 0.303 e. The van der Waals surface area contributed by atoms with Crippen LogP contribution in [0, 0.1) is 0 Å². The molecule has 0 rings (SSSR count). The van der Waals surface area contributed by atoms with Crippen molar-refractivity contribution < 1.29 is 19.8 Å². The smallest absolute Gasteiger partial charge is 0.303 e. The first-order valence-electron chi connectivity index (χ1n) is 7.75. The maximum absolute atomic E-state index is 11.5. The van der Waals surface area contributed by atoms with Gasteiger partial charge in [-0.25, -0.2) is 0 Å². The third-order valence-electron chi connectivity index (χ3n) is 3.25. The highest BCUT2D eigenvalue weighted by Crippen LogP contribution is 2.07. The summed E-state index contributed by atoms with van der Waals surface area (Å²) in [5, 5.41) is 20.8. The molecule has 3 N–H and O–H groups in total. The Hall–Kier alpha value is -1.10. The van der Waals surface area contributed by atoms with Gasteiger partial charge in [0.2, 0.25) is 5.91 Å². The summed E-state index contributed by atoms with van der Waals surface area (Å²) in [6.45, 7) is 2.66. The molecule has 0 saturated heterocycles. The first-order valence-corrected chi connectivity index (χ1v) is 7.75. The van der Waals surface area contributed by atoms with Crippen LogP contribution in [0.15, 0.2) is 0 Å². The highest BCUT2D eigenvalue weighted by Gasteiger charge is 2.13. The lowest BCUT2D eigenvalue weighted by Gasteiger charge is -2.11. The summed E-state index contributed by atoms with van der Waals surface area (Å²) in [5.74, 6) is -1.09. The van der Waals surface area contributed by atoms with Crippen LogP contribution in [0.5, 0.6) is 0 Å². The number of aliphatic carboxylic acids is 1. The Morgan fingerprint density at radius 1 is 1.00 bits per heavy atom. The molecule has 20 heavy (non-hydrogen) atoms. The predicted octanol–water partition coefficient (Wildman–Crippen LogP) is 2.47. The van der Waals surface area contributed by atoms with Gasteiger partial charge < -0.3 is 15.5 Å². The first-order chi connectivity index (χ1) is 9.57. The van der Waals surface area contributed by atoms with Crippen molar-refractivity contribution in [3.05, 3.63) is 0 Å². The number of carbonyl (C=O) groups excluding carboxylic acids is 1. The van der Waals surface area contributed by atoms with Crippen LogP contribution < -0.4 is 5.32 Å². The Morgan fingerprint density at radius 2 is 1.65 bits per heavy atom. The largest absolute Gasteiger partial charge is 0.481 e. The minimum atomic E-state index is -0.907. The highest BCUT2D eigenvalue weighted by molar-refractivity contribution is 5.80. The predicted molar refractivity (Wildman–Crippen MR) is 78.5 cm³/mol. The SMILES string of the molecule is CCCCCCCC(O)C(=O)NCCCCCC(=O)O. The standard InChI is InChI=1S/C15H29NO4/c1-2-3-4-5-7-10-13(17)15(20)16-12-9-6-8-11-14(18)19/h13,17H,2-12H2,1H3,(H,16,20)(H,18,19). The van der Waals surface area contributed by atoms with Crippen molar-refractivity contribution in [2.24, 2.45) is 0 Å². The molecule has 1 atom stereocenters. The van der Waals surface area contributed by atoms with E-state index in [1.165, 1.54) is 12.8 Å². The second-order valence-corrected chi connectivity index (χ2v) is 5.21. The van der Waals surface area contributed by atoms with Crippen LogP contribution in [0.2, 0.25) is 0 Å². The number of aliphatic hydroxyl groups excluding tert-OH is 1. The zero-order valence-corrected chi connectivity index (χ0v) is 12.6. The number of unbranched alkanes of at least 4 members (excludes halogenated alkanes) is 6. The van der Waals surface area contributed by atoms with Gasteiger partial charge in [0, 0.05) is 13.0 Å². The molecule has 1 amide bonds. The molecule has 0 aromatic rings. The van der Waals surface area contributed by atoms with Gasteiger partial charge in [0.1, 0.15) is 6.10 Å². The van der Waals surface area contributed by atoms with E-state index in [-0.39, 0.29) is 12.3 Å². The third kappa shape index (κ3) is 12.0. The molecular formula is C15H29NO4. The number of carboxylic acid groups (broad SMARTS) is 1. The zero-order chi connectivity index (χ0) is 15.2. The molecule has 0 aromatic heterocycles. The lowest BCUT2D eigenvalue weighted by atomic mass is 10.1. The number of hydrogen-bond acceptors (Lipinski definition) is 3. The molecule has 0 saturated carbocycles. The van der Waals surface area contributed by atoms with E-state index in [2.05, 4.69) is 12.2 Å². The molecule has 0 spiro atoms. The van der Waals surface area contributed by atoms with Gasteiger partial charge >= 0.3 is 5.97 Å². The highest BCUT2D eigenvalue weighted by atomic mass is 16.4. The molecule has 118 valence electrons. The summed E-state index contributed by atoms with van der Waals surface area (Å²) in [6, 6.07) is 0. The molecule has 0 heterocycles. The Morgan fingerprint density at radius 3 is 2.30 bits per heavy atom. The second kappa shape index (κ2) is 12.9. The monoisotopic (exact) mass is 287 g/mol. The van der Waals surface area contributed by atoms with Crippen LogP contribution >= 0.6 is 0 Å². The normalized spacial score (nSPS) is 12.1. The van der Waals surface area contributed by atoms with Crippen molar-refractivity contribution in [2.45, 2.75) is 77.2 Å². The fourth-order valence-corrected chi connectivity index (χ4v) is 1.98. The van der Waals surface area contributed by atoms with Gasteiger partial charge in [-0.05, 0) is 19.3 Å². The van der Waals surface area contributed by atoms with Gasteiger partial charge in [-0.1, -0.05) is 45.4 Å². The Kier molecular flexibility index (Phi) is 12.2. The van der Waals surface area contributed by atoms with Crippen molar-refractivity contribution in [3.63, 3.8) is 0 Å². The third-order valence-corrected chi connectivity index (χ3v) is 3.25. The fraction of sp³-hybridized carbons (Fsp3) is 0.867. The number of amides is 1. The number of hydrogen-bond donors (Lipinski definition) is 3. The van der Waals surface area contributed by atoms with E-state index in [9.17, 15) is 14.7 Å². The zero-order valence-electron chi connectivity index (χ0n) is 12.6. The van der Waals surface area contributed by atoms with Crippen molar-refractivity contribution >= 4 is 11.9 Å². The molecule has 5 nitrogen and oxygen atoms in total. The molecule has 0 aliphatic carbocycles. The van der Waals surface area contributed by atoms with Crippen molar-refractivity contribution in [2.75, 3.05) is 6.54 Å². The Bertz CT molecular complexity index is 269. The lowest BCUT2D eigenvalue weighted by molar-refractivity contribution is -0.137. The number of carboxylic acids is 1. The average molecular weight is 287 g/mol. The van der Waals surface area contributed by atoms with Crippen molar-refractivity contribution in [3.8, 4) is 0 Å². The molecule has 0 bridgehead atoms. The minimum Gasteiger partial charge on any atom is -0.481 e. The summed E-state index contributed by atoms with van der Waals surface area (Å²) >= 11 is 0.